The van der Waals surface area contributed by atoms with Gasteiger partial charge >= 0.3 is 5.97 Å². The van der Waals surface area contributed by atoms with Gasteiger partial charge in [0.05, 0.1) is 12.0 Å². The summed E-state index contributed by atoms with van der Waals surface area (Å²) in [5.74, 6) is 0.285. The molecule has 8 heteroatoms. The van der Waals surface area contributed by atoms with Crippen molar-refractivity contribution in [3.8, 4) is 6.07 Å². The van der Waals surface area contributed by atoms with Gasteiger partial charge in [0, 0.05) is 20.5 Å². The number of nitrogens with zero attached hydrogens (tertiary/aromatic N) is 1. The molecule has 1 aliphatic carbocycles. The molecule has 0 radical (unpaired) electrons. The highest BCUT2D eigenvalue weighted by atomic mass is 35.5. The van der Waals surface area contributed by atoms with Gasteiger partial charge in [-0.1, -0.05) is 18.5 Å². The molecule has 1 atom stereocenters. The first-order valence-corrected chi connectivity index (χ1v) is 11.5. The first-order valence-electron chi connectivity index (χ1n) is 9.34. The van der Waals surface area contributed by atoms with E-state index in [9.17, 15) is 14.9 Å². The lowest BCUT2D eigenvalue weighted by molar-refractivity contribution is -0.146. The molecule has 3 rings (SSSR count). The summed E-state index contributed by atoms with van der Waals surface area (Å²) in [5, 5.41) is 13.4. The number of hydrogen-bond acceptors (Lipinski definition) is 6. The van der Waals surface area contributed by atoms with Crippen molar-refractivity contribution < 1.29 is 14.3 Å². The minimum absolute atomic E-state index is 0.204. The van der Waals surface area contributed by atoms with Crippen LogP contribution in [0.3, 0.4) is 0 Å². The van der Waals surface area contributed by atoms with Crippen molar-refractivity contribution >= 4 is 51.6 Å². The number of carbonyl (C=O) groups is 2. The van der Waals surface area contributed by atoms with Crippen molar-refractivity contribution in [3.05, 3.63) is 45.3 Å². The first-order chi connectivity index (χ1) is 14.0. The smallest absolute Gasteiger partial charge is 0.307 e. The lowest BCUT2D eigenvalue weighted by Crippen LogP contribution is -2.21. The summed E-state index contributed by atoms with van der Waals surface area (Å²) in [6, 6.07) is 9.58. The maximum atomic E-state index is 12.2. The predicted molar refractivity (Wildman–Crippen MR) is 117 cm³/mol. The highest BCUT2D eigenvalue weighted by Gasteiger charge is 2.24. The fourth-order valence-corrected chi connectivity index (χ4v) is 5.46. The van der Waals surface area contributed by atoms with Gasteiger partial charge in [0.15, 0.2) is 6.61 Å². The van der Waals surface area contributed by atoms with Crippen LogP contribution < -0.4 is 5.32 Å². The van der Waals surface area contributed by atoms with Gasteiger partial charge in [-0.05, 0) is 55.0 Å². The Morgan fingerprint density at radius 1 is 1.38 bits per heavy atom. The maximum Gasteiger partial charge on any atom is 0.307 e. The van der Waals surface area contributed by atoms with Crippen LogP contribution in [-0.2, 0) is 27.2 Å². The standard InChI is InChI=1S/C21H21ClN2O3S2/c1-13-2-7-16-17(11-23)21(29-18(16)10-13)24-19(25)12-27-20(26)8-9-28-15-5-3-14(22)4-6-15/h3-6,13H,2,7-10,12H2,1H3,(H,24,25). The summed E-state index contributed by atoms with van der Waals surface area (Å²) in [4.78, 5) is 26.2. The van der Waals surface area contributed by atoms with E-state index in [0.29, 0.717) is 27.3 Å². The summed E-state index contributed by atoms with van der Waals surface area (Å²) in [6.45, 7) is 1.84. The highest BCUT2D eigenvalue weighted by molar-refractivity contribution is 7.99. The number of fused-ring (bicyclic) bond motifs is 1. The number of amides is 1. The van der Waals surface area contributed by atoms with Crippen LogP contribution in [0.2, 0.25) is 5.02 Å². The minimum Gasteiger partial charge on any atom is -0.456 e. The SMILES string of the molecule is CC1CCc2c(sc(NC(=O)COC(=O)CCSc3ccc(Cl)cc3)c2C#N)C1. The molecular formula is C21H21ClN2O3S2. The lowest BCUT2D eigenvalue weighted by Gasteiger charge is -2.17. The number of esters is 1. The summed E-state index contributed by atoms with van der Waals surface area (Å²) in [6.07, 6.45) is 3.06. The van der Waals surface area contributed by atoms with E-state index < -0.39 is 11.9 Å². The third kappa shape index (κ3) is 5.99. The molecule has 1 N–H and O–H groups in total. The Morgan fingerprint density at radius 2 is 2.14 bits per heavy atom. The van der Waals surface area contributed by atoms with Gasteiger partial charge in [-0.25, -0.2) is 0 Å². The molecule has 1 aromatic carbocycles. The van der Waals surface area contributed by atoms with E-state index >= 15 is 0 Å². The highest BCUT2D eigenvalue weighted by Crippen LogP contribution is 2.39. The van der Waals surface area contributed by atoms with Crippen LogP contribution in [0.5, 0.6) is 0 Å². The molecule has 0 saturated carbocycles. The zero-order valence-electron chi connectivity index (χ0n) is 16.0. The number of hydrogen-bond donors (Lipinski definition) is 1. The molecule has 1 aromatic heterocycles. The average molecular weight is 449 g/mol. The third-order valence-electron chi connectivity index (χ3n) is 4.63. The van der Waals surface area contributed by atoms with Gasteiger partial charge in [0.1, 0.15) is 11.1 Å². The number of nitrogens with one attached hydrogen (secondary N) is 1. The molecule has 1 amide bonds. The second-order valence-corrected chi connectivity index (χ2v) is 9.64. The molecule has 0 saturated heterocycles. The number of benzene rings is 1. The Labute approximate surface area is 183 Å². The molecular weight excluding hydrogens is 428 g/mol. The largest absolute Gasteiger partial charge is 0.456 e. The number of nitriles is 1. The monoisotopic (exact) mass is 448 g/mol. The number of thioether (sulfide) groups is 1. The molecule has 1 unspecified atom stereocenters. The zero-order chi connectivity index (χ0) is 20.8. The van der Waals surface area contributed by atoms with E-state index in [0.717, 1.165) is 29.7 Å². The van der Waals surface area contributed by atoms with Crippen LogP contribution in [0.4, 0.5) is 5.00 Å². The number of anilines is 1. The van der Waals surface area contributed by atoms with Crippen molar-refractivity contribution in [3.63, 3.8) is 0 Å². The van der Waals surface area contributed by atoms with Crippen molar-refractivity contribution in [1.29, 1.82) is 5.26 Å². The summed E-state index contributed by atoms with van der Waals surface area (Å²) < 4.78 is 5.06. The number of ether oxygens (including phenoxy) is 1. The Morgan fingerprint density at radius 3 is 2.86 bits per heavy atom. The van der Waals surface area contributed by atoms with E-state index in [1.807, 2.05) is 12.1 Å². The molecule has 1 aliphatic rings. The van der Waals surface area contributed by atoms with Crippen molar-refractivity contribution in [2.75, 3.05) is 17.7 Å². The van der Waals surface area contributed by atoms with Gasteiger partial charge in [0.25, 0.3) is 5.91 Å². The summed E-state index contributed by atoms with van der Waals surface area (Å²) in [7, 11) is 0. The van der Waals surface area contributed by atoms with Crippen molar-refractivity contribution in [2.45, 2.75) is 37.5 Å². The lowest BCUT2D eigenvalue weighted by atomic mass is 9.89. The Hall–Kier alpha value is -2.01. The Bertz CT molecular complexity index is 935. The fourth-order valence-electron chi connectivity index (χ4n) is 3.12. The Kier molecular flexibility index (Phi) is 7.59. The van der Waals surface area contributed by atoms with Crippen LogP contribution >= 0.6 is 34.7 Å². The average Bonchev–Trinajstić information content (AvgIpc) is 3.03. The van der Waals surface area contributed by atoms with Gasteiger partial charge in [0.2, 0.25) is 0 Å². The van der Waals surface area contributed by atoms with Gasteiger partial charge in [-0.15, -0.1) is 23.1 Å². The van der Waals surface area contributed by atoms with E-state index in [1.54, 1.807) is 12.1 Å². The van der Waals surface area contributed by atoms with E-state index in [-0.39, 0.29) is 13.0 Å². The van der Waals surface area contributed by atoms with E-state index in [2.05, 4.69) is 18.3 Å². The maximum absolute atomic E-state index is 12.2. The minimum atomic E-state index is -0.429. The van der Waals surface area contributed by atoms with Crippen molar-refractivity contribution in [2.24, 2.45) is 5.92 Å². The second kappa shape index (κ2) is 10.1. The van der Waals surface area contributed by atoms with Crippen LogP contribution in [0, 0.1) is 17.2 Å². The van der Waals surface area contributed by atoms with E-state index in [4.69, 9.17) is 16.3 Å². The predicted octanol–water partition coefficient (Wildman–Crippen LogP) is 5.06. The number of carbonyl (C=O) groups excluding carboxylic acids is 2. The zero-order valence-corrected chi connectivity index (χ0v) is 18.4. The molecule has 2 aromatic rings. The third-order valence-corrected chi connectivity index (χ3v) is 7.06. The van der Waals surface area contributed by atoms with Crippen LogP contribution in [-0.4, -0.2) is 24.2 Å². The Balaban J connectivity index is 1.44. The topological polar surface area (TPSA) is 79.2 Å². The first kappa shape index (κ1) is 21.7. The van der Waals surface area contributed by atoms with Gasteiger partial charge < -0.3 is 10.1 Å². The van der Waals surface area contributed by atoms with Gasteiger partial charge in [-0.3, -0.25) is 9.59 Å². The van der Waals surface area contributed by atoms with Crippen LogP contribution in [0.15, 0.2) is 29.2 Å². The summed E-state index contributed by atoms with van der Waals surface area (Å²) in [5.41, 5.74) is 1.61. The van der Waals surface area contributed by atoms with E-state index in [1.165, 1.54) is 28.0 Å². The molecule has 0 fully saturated rings. The molecule has 5 nitrogen and oxygen atoms in total. The molecule has 1 heterocycles. The number of rotatable bonds is 7. The second-order valence-electron chi connectivity index (χ2n) is 6.93. The summed E-state index contributed by atoms with van der Waals surface area (Å²) >= 11 is 8.82. The number of thiophene rings is 1. The van der Waals surface area contributed by atoms with Crippen molar-refractivity contribution in [1.82, 2.24) is 0 Å². The van der Waals surface area contributed by atoms with Crippen LogP contribution in [0.1, 0.15) is 35.8 Å². The molecule has 29 heavy (non-hydrogen) atoms. The molecule has 0 aliphatic heterocycles. The van der Waals surface area contributed by atoms with Gasteiger partial charge in [-0.2, -0.15) is 5.26 Å². The molecule has 0 spiro atoms. The molecule has 0 bridgehead atoms. The van der Waals surface area contributed by atoms with Crippen LogP contribution in [0.25, 0.3) is 0 Å². The fraction of sp³-hybridized carbons (Fsp3) is 0.381. The molecule has 152 valence electrons. The number of halogens is 1. The quantitative estimate of drug-likeness (QED) is 0.473. The normalized spacial score (nSPS) is 15.3.